The van der Waals surface area contributed by atoms with Gasteiger partial charge in [0.2, 0.25) is 5.70 Å². The lowest BCUT2D eigenvalue weighted by molar-refractivity contribution is -0.428. The number of allylic oxidation sites excluding steroid dienone is 2. The van der Waals surface area contributed by atoms with Crippen molar-refractivity contribution in [2.75, 3.05) is 0 Å². The fourth-order valence-electron chi connectivity index (χ4n) is 2.57. The Hall–Kier alpha value is -1.39. The Kier molecular flexibility index (Phi) is 14.6. The van der Waals surface area contributed by atoms with Crippen molar-refractivity contribution in [2.45, 2.75) is 96.8 Å². The molecule has 0 amide bonds. The van der Waals surface area contributed by atoms with Crippen molar-refractivity contribution in [3.63, 3.8) is 0 Å². The zero-order valence-corrected chi connectivity index (χ0v) is 14.6. The van der Waals surface area contributed by atoms with Crippen LogP contribution in [0.2, 0.25) is 0 Å². The highest BCUT2D eigenvalue weighted by molar-refractivity contribution is 5.66. The first kappa shape index (κ1) is 21.6. The third-order valence-corrected chi connectivity index (χ3v) is 4.00. The smallest absolute Gasteiger partial charge is 0.303 e. The lowest BCUT2D eigenvalue weighted by atomic mass is 10.1. The fourth-order valence-corrected chi connectivity index (χ4v) is 2.57. The minimum atomic E-state index is -0.752. The van der Waals surface area contributed by atoms with Gasteiger partial charge in [-0.2, -0.15) is 0 Å². The van der Waals surface area contributed by atoms with Crippen molar-refractivity contribution < 1.29 is 14.8 Å². The lowest BCUT2D eigenvalue weighted by Crippen LogP contribution is -1.99. The highest BCUT2D eigenvalue weighted by atomic mass is 16.6. The van der Waals surface area contributed by atoms with Gasteiger partial charge in [-0.25, -0.2) is 0 Å². The Labute approximate surface area is 140 Å². The number of unbranched alkanes of at least 4 members (excludes halogenated alkanes) is 10. The van der Waals surface area contributed by atoms with Crippen LogP contribution in [-0.4, -0.2) is 16.0 Å². The van der Waals surface area contributed by atoms with Crippen LogP contribution in [0.3, 0.4) is 0 Å². The van der Waals surface area contributed by atoms with E-state index < -0.39 is 5.97 Å². The molecule has 5 nitrogen and oxygen atoms in total. The first-order valence-corrected chi connectivity index (χ1v) is 9.13. The number of carboxylic acids is 1. The number of carboxylic acid groups (broad SMARTS) is 1. The summed E-state index contributed by atoms with van der Waals surface area (Å²) in [6.45, 7) is 2.19. The van der Waals surface area contributed by atoms with E-state index in [2.05, 4.69) is 6.92 Å². The monoisotopic (exact) mass is 327 g/mol. The summed E-state index contributed by atoms with van der Waals surface area (Å²) in [6, 6.07) is 0. The quantitative estimate of drug-likeness (QED) is 0.223. The molecule has 0 aromatic rings. The molecule has 0 atom stereocenters. The molecule has 0 bridgehead atoms. The maximum Gasteiger partial charge on any atom is 0.303 e. The van der Waals surface area contributed by atoms with Gasteiger partial charge in [0.15, 0.2) is 0 Å². The number of hydrogen-bond donors (Lipinski definition) is 1. The predicted octanol–water partition coefficient (Wildman–Crippen LogP) is 5.71. The molecule has 0 aromatic heterocycles. The molecule has 0 aliphatic carbocycles. The zero-order valence-electron chi connectivity index (χ0n) is 14.6. The largest absolute Gasteiger partial charge is 0.481 e. The molecule has 0 saturated heterocycles. The van der Waals surface area contributed by atoms with E-state index in [1.165, 1.54) is 25.7 Å². The molecule has 0 saturated carbocycles. The van der Waals surface area contributed by atoms with Gasteiger partial charge in [0.25, 0.3) is 0 Å². The molecule has 1 N–H and O–H groups in total. The van der Waals surface area contributed by atoms with Gasteiger partial charge in [-0.15, -0.1) is 0 Å². The SMILES string of the molecule is CCCCCCCCC=C(CCCCCCCC(=O)O)[N+](=O)[O-]. The molecule has 0 aliphatic rings. The number of nitrogens with zero attached hydrogens (tertiary/aromatic N) is 1. The molecule has 23 heavy (non-hydrogen) atoms. The van der Waals surface area contributed by atoms with Crippen molar-refractivity contribution in [2.24, 2.45) is 0 Å². The first-order chi connectivity index (χ1) is 11.1. The Balaban J connectivity index is 3.70. The molecule has 0 rings (SSSR count). The zero-order chi connectivity index (χ0) is 17.3. The van der Waals surface area contributed by atoms with Crippen LogP contribution in [0.15, 0.2) is 11.8 Å². The number of nitro groups is 1. The molecule has 134 valence electrons. The van der Waals surface area contributed by atoms with Crippen LogP contribution in [0.4, 0.5) is 0 Å². The standard InChI is InChI=1S/C18H33NO4/c1-2-3-4-5-6-8-11-14-17(19(22)23)15-12-9-7-10-13-16-18(20)21/h14H,2-13,15-16H2,1H3,(H,20,21). The van der Waals surface area contributed by atoms with E-state index in [1.54, 1.807) is 6.08 Å². The van der Waals surface area contributed by atoms with E-state index in [0.717, 1.165) is 44.9 Å². The summed E-state index contributed by atoms with van der Waals surface area (Å²) in [5.74, 6) is -0.752. The van der Waals surface area contributed by atoms with E-state index in [1.807, 2.05) is 0 Å². The minimum absolute atomic E-state index is 0.221. The van der Waals surface area contributed by atoms with E-state index in [-0.39, 0.29) is 11.3 Å². The summed E-state index contributed by atoms with van der Waals surface area (Å²) in [5.41, 5.74) is 0.351. The minimum Gasteiger partial charge on any atom is -0.481 e. The van der Waals surface area contributed by atoms with Crippen molar-refractivity contribution in [3.8, 4) is 0 Å². The van der Waals surface area contributed by atoms with Crippen LogP contribution in [0.1, 0.15) is 96.8 Å². The maximum absolute atomic E-state index is 11.0. The molecule has 0 spiro atoms. The van der Waals surface area contributed by atoms with Gasteiger partial charge in [0.05, 0.1) is 4.92 Å². The molecule has 0 unspecified atom stereocenters. The molecule has 0 radical (unpaired) electrons. The Bertz CT molecular complexity index is 353. The summed E-state index contributed by atoms with van der Waals surface area (Å²) in [6.07, 6.45) is 14.9. The second-order valence-electron chi connectivity index (χ2n) is 6.17. The van der Waals surface area contributed by atoms with Crippen LogP contribution in [0.25, 0.3) is 0 Å². The van der Waals surface area contributed by atoms with Gasteiger partial charge in [0, 0.05) is 12.8 Å². The van der Waals surface area contributed by atoms with E-state index in [4.69, 9.17) is 5.11 Å². The summed E-state index contributed by atoms with van der Waals surface area (Å²) in [4.78, 5) is 21.1. The third-order valence-electron chi connectivity index (χ3n) is 4.00. The normalized spacial score (nSPS) is 11.6. The van der Waals surface area contributed by atoms with Crippen LogP contribution in [-0.2, 0) is 4.79 Å². The topological polar surface area (TPSA) is 80.4 Å². The van der Waals surface area contributed by atoms with Gasteiger partial charge in [0.1, 0.15) is 0 Å². The average molecular weight is 327 g/mol. The van der Waals surface area contributed by atoms with Crippen molar-refractivity contribution in [3.05, 3.63) is 21.9 Å². The number of aliphatic carboxylic acids is 1. The fraction of sp³-hybridized carbons (Fsp3) is 0.833. The van der Waals surface area contributed by atoms with Crippen molar-refractivity contribution in [1.82, 2.24) is 0 Å². The average Bonchev–Trinajstić information content (AvgIpc) is 2.50. The summed E-state index contributed by atoms with van der Waals surface area (Å²) >= 11 is 0. The molecule has 0 fully saturated rings. The van der Waals surface area contributed by atoms with Gasteiger partial charge < -0.3 is 5.11 Å². The Morgan fingerprint density at radius 2 is 1.43 bits per heavy atom. The molecule has 0 aliphatic heterocycles. The van der Waals surface area contributed by atoms with E-state index in [0.29, 0.717) is 18.5 Å². The third kappa shape index (κ3) is 15.3. The van der Waals surface area contributed by atoms with E-state index >= 15 is 0 Å². The lowest BCUT2D eigenvalue weighted by Gasteiger charge is -2.01. The summed E-state index contributed by atoms with van der Waals surface area (Å²) in [7, 11) is 0. The predicted molar refractivity (Wildman–Crippen MR) is 93.0 cm³/mol. The second-order valence-corrected chi connectivity index (χ2v) is 6.17. The van der Waals surface area contributed by atoms with Crippen LogP contribution in [0, 0.1) is 10.1 Å². The number of rotatable bonds is 16. The molecule has 5 heteroatoms. The number of hydrogen-bond acceptors (Lipinski definition) is 3. The van der Waals surface area contributed by atoms with Gasteiger partial charge >= 0.3 is 5.97 Å². The maximum atomic E-state index is 11.0. The highest BCUT2D eigenvalue weighted by Gasteiger charge is 2.09. The van der Waals surface area contributed by atoms with Crippen LogP contribution in [0.5, 0.6) is 0 Å². The summed E-state index contributed by atoms with van der Waals surface area (Å²) in [5, 5.41) is 19.5. The first-order valence-electron chi connectivity index (χ1n) is 9.13. The molecule has 0 aromatic carbocycles. The van der Waals surface area contributed by atoms with E-state index in [9.17, 15) is 14.9 Å². The Morgan fingerprint density at radius 3 is 2.00 bits per heavy atom. The van der Waals surface area contributed by atoms with Gasteiger partial charge in [-0.1, -0.05) is 58.3 Å². The second kappa shape index (κ2) is 15.5. The molecular formula is C18H33NO4. The van der Waals surface area contributed by atoms with Crippen LogP contribution < -0.4 is 0 Å². The van der Waals surface area contributed by atoms with Gasteiger partial charge in [-0.05, 0) is 31.8 Å². The molecular weight excluding hydrogens is 294 g/mol. The molecule has 0 heterocycles. The Morgan fingerprint density at radius 1 is 0.913 bits per heavy atom. The van der Waals surface area contributed by atoms with Crippen molar-refractivity contribution in [1.29, 1.82) is 0 Å². The van der Waals surface area contributed by atoms with Crippen molar-refractivity contribution >= 4 is 5.97 Å². The number of carbonyl (C=O) groups is 1. The van der Waals surface area contributed by atoms with Crippen LogP contribution >= 0.6 is 0 Å². The highest BCUT2D eigenvalue weighted by Crippen LogP contribution is 2.14. The van der Waals surface area contributed by atoms with Gasteiger partial charge in [-0.3, -0.25) is 14.9 Å². The summed E-state index contributed by atoms with van der Waals surface area (Å²) < 4.78 is 0.